The van der Waals surface area contributed by atoms with Crippen LogP contribution in [0.1, 0.15) is 17.4 Å². The number of nitro groups is 2. The maximum absolute atomic E-state index is 11.7. The summed E-state index contributed by atoms with van der Waals surface area (Å²) in [5, 5.41) is 21.7. The Bertz CT molecular complexity index is 857. The number of rotatable bonds is 4. The molecule has 0 fully saturated rings. The number of ether oxygens (including phenoxy) is 1. The third kappa shape index (κ3) is 2.59. The molecule has 0 bridgehead atoms. The van der Waals surface area contributed by atoms with Crippen LogP contribution in [0.2, 0.25) is 0 Å². The monoisotopic (exact) mass is 308 g/mol. The van der Waals surface area contributed by atoms with Crippen molar-refractivity contribution in [3.05, 3.63) is 48.4 Å². The number of carbonyl (C=O) groups is 1. The van der Waals surface area contributed by atoms with E-state index in [1.54, 1.807) is 0 Å². The summed E-state index contributed by atoms with van der Waals surface area (Å²) in [6.45, 7) is 1.54. The Morgan fingerprint density at radius 2 is 1.86 bits per heavy atom. The Labute approximate surface area is 120 Å². The highest BCUT2D eigenvalue weighted by molar-refractivity contribution is 5.90. The van der Waals surface area contributed by atoms with E-state index in [0.29, 0.717) is 0 Å². The third-order valence-electron chi connectivity index (χ3n) is 2.65. The molecule has 0 unspecified atom stereocenters. The van der Waals surface area contributed by atoms with Crippen molar-refractivity contribution in [2.45, 2.75) is 6.92 Å². The lowest BCUT2D eigenvalue weighted by atomic mass is 10.2. The van der Waals surface area contributed by atoms with Crippen molar-refractivity contribution in [1.82, 2.24) is 9.97 Å². The molecule has 0 amide bonds. The zero-order valence-corrected chi connectivity index (χ0v) is 11.1. The molecule has 0 atom stereocenters. The van der Waals surface area contributed by atoms with Gasteiger partial charge in [0.25, 0.3) is 5.56 Å². The fraction of sp³-hybridized carbons (Fsp3) is 0.182. The van der Waals surface area contributed by atoms with Gasteiger partial charge >= 0.3 is 17.3 Å². The molecule has 11 nitrogen and oxygen atoms in total. The van der Waals surface area contributed by atoms with Crippen molar-refractivity contribution in [3.63, 3.8) is 0 Å². The van der Waals surface area contributed by atoms with Gasteiger partial charge in [0.15, 0.2) is 0 Å². The highest BCUT2D eigenvalue weighted by atomic mass is 16.6. The van der Waals surface area contributed by atoms with Crippen LogP contribution in [0.5, 0.6) is 0 Å². The van der Waals surface area contributed by atoms with Crippen LogP contribution in [0, 0.1) is 20.2 Å². The average Bonchev–Trinajstić information content (AvgIpc) is 2.45. The Morgan fingerprint density at radius 1 is 1.27 bits per heavy atom. The molecule has 2 aromatic rings. The van der Waals surface area contributed by atoms with Gasteiger partial charge in [-0.2, -0.15) is 0 Å². The van der Waals surface area contributed by atoms with Crippen molar-refractivity contribution in [1.29, 1.82) is 0 Å². The van der Waals surface area contributed by atoms with Crippen LogP contribution in [0.15, 0.2) is 16.9 Å². The number of nitrogens with one attached hydrogen (secondary N) is 1. The quantitative estimate of drug-likeness (QED) is 0.495. The number of H-pyrrole nitrogens is 1. The summed E-state index contributed by atoms with van der Waals surface area (Å²) in [5.41, 5.74) is -3.33. The smallest absolute Gasteiger partial charge is 0.362 e. The highest BCUT2D eigenvalue weighted by Crippen LogP contribution is 2.29. The molecule has 0 radical (unpaired) electrons. The molecular formula is C11H8N4O7. The van der Waals surface area contributed by atoms with Crippen molar-refractivity contribution in [2.75, 3.05) is 6.61 Å². The van der Waals surface area contributed by atoms with Crippen LogP contribution in [0.3, 0.4) is 0 Å². The maximum atomic E-state index is 11.7. The lowest BCUT2D eigenvalue weighted by molar-refractivity contribution is -0.422. The normalized spacial score (nSPS) is 10.4. The summed E-state index contributed by atoms with van der Waals surface area (Å²) in [6, 6.07) is 1.63. The number of carbonyl (C=O) groups excluding carboxylic acids is 1. The first-order valence-corrected chi connectivity index (χ1v) is 5.89. The van der Waals surface area contributed by atoms with E-state index >= 15 is 0 Å². The van der Waals surface area contributed by atoms with Crippen LogP contribution in [-0.2, 0) is 4.74 Å². The minimum atomic E-state index is -0.994. The Balaban J connectivity index is 2.75. The van der Waals surface area contributed by atoms with Gasteiger partial charge in [0.1, 0.15) is 0 Å². The minimum absolute atomic E-state index is 0.0123. The molecule has 22 heavy (non-hydrogen) atoms. The second kappa shape index (κ2) is 5.55. The van der Waals surface area contributed by atoms with E-state index in [4.69, 9.17) is 0 Å². The second-order valence-electron chi connectivity index (χ2n) is 4.01. The van der Waals surface area contributed by atoms with Gasteiger partial charge in [-0.25, -0.2) is 9.78 Å². The summed E-state index contributed by atoms with van der Waals surface area (Å²) < 4.78 is 4.63. The first kappa shape index (κ1) is 15.0. The van der Waals surface area contributed by atoms with Gasteiger partial charge in [0.05, 0.1) is 33.6 Å². The van der Waals surface area contributed by atoms with Crippen molar-refractivity contribution in [2.24, 2.45) is 0 Å². The van der Waals surface area contributed by atoms with Crippen molar-refractivity contribution < 1.29 is 19.4 Å². The van der Waals surface area contributed by atoms with Crippen molar-refractivity contribution in [3.8, 4) is 0 Å². The molecule has 0 spiro atoms. The molecular weight excluding hydrogens is 300 g/mol. The predicted molar refractivity (Wildman–Crippen MR) is 71.6 cm³/mol. The summed E-state index contributed by atoms with van der Waals surface area (Å²) >= 11 is 0. The lowest BCUT2D eigenvalue weighted by Crippen LogP contribution is -2.22. The molecule has 114 valence electrons. The van der Waals surface area contributed by atoms with E-state index in [-0.39, 0.29) is 17.6 Å². The predicted octanol–water partition coefficient (Wildman–Crippen LogP) is 0.916. The summed E-state index contributed by atoms with van der Waals surface area (Å²) in [4.78, 5) is 49.0. The van der Waals surface area contributed by atoms with Gasteiger partial charge in [-0.05, 0) is 6.92 Å². The third-order valence-corrected chi connectivity index (χ3v) is 2.65. The van der Waals surface area contributed by atoms with Gasteiger partial charge in [0, 0.05) is 6.07 Å². The summed E-state index contributed by atoms with van der Waals surface area (Å²) in [5.74, 6) is -0.994. The topological polar surface area (TPSA) is 158 Å². The number of aromatic nitrogens is 2. The minimum Gasteiger partial charge on any atom is -0.461 e. The molecule has 0 aliphatic carbocycles. The van der Waals surface area contributed by atoms with Crippen LogP contribution in [0.4, 0.5) is 11.4 Å². The maximum Gasteiger partial charge on any atom is 0.362 e. The number of nitrogens with zero attached hydrogens (tertiary/aromatic N) is 3. The molecule has 1 aromatic carbocycles. The number of benzene rings is 1. The summed E-state index contributed by atoms with van der Waals surface area (Å²) in [7, 11) is 0. The Hall–Kier alpha value is -3.37. The first-order chi connectivity index (χ1) is 10.3. The van der Waals surface area contributed by atoms with E-state index in [1.165, 1.54) is 6.92 Å². The number of hydrogen-bond donors (Lipinski definition) is 1. The molecule has 0 aliphatic rings. The molecule has 0 saturated carbocycles. The highest BCUT2D eigenvalue weighted by Gasteiger charge is 2.26. The molecule has 2 rings (SSSR count). The number of hydrogen-bond acceptors (Lipinski definition) is 8. The second-order valence-corrected chi connectivity index (χ2v) is 4.01. The van der Waals surface area contributed by atoms with Gasteiger partial charge in [0.2, 0.25) is 5.69 Å². The molecule has 1 aromatic heterocycles. The van der Waals surface area contributed by atoms with Gasteiger partial charge < -0.3 is 9.72 Å². The van der Waals surface area contributed by atoms with Crippen LogP contribution in [-0.4, -0.2) is 32.4 Å². The van der Waals surface area contributed by atoms with Gasteiger partial charge in [-0.1, -0.05) is 0 Å². The van der Waals surface area contributed by atoms with Gasteiger partial charge in [-0.15, -0.1) is 0 Å². The fourth-order valence-electron chi connectivity index (χ4n) is 1.74. The molecule has 11 heteroatoms. The van der Waals surface area contributed by atoms with E-state index in [2.05, 4.69) is 14.7 Å². The molecule has 1 N–H and O–H groups in total. The number of aromatic amines is 1. The average molecular weight is 308 g/mol. The number of fused-ring (bicyclic) bond motifs is 1. The molecule has 1 heterocycles. The van der Waals surface area contributed by atoms with Crippen LogP contribution >= 0.6 is 0 Å². The standard InChI is InChI=1S/C11H8N4O7/c1-2-22-11(17)9-10(16)13-6-4-8(15(20)21)7(14(18)19)3-5(6)12-9/h3-4H,2H2,1H3,(H,13,16). The molecule has 0 aliphatic heterocycles. The van der Waals surface area contributed by atoms with Gasteiger partial charge in [-0.3, -0.25) is 25.0 Å². The van der Waals surface area contributed by atoms with E-state index < -0.39 is 38.4 Å². The fourth-order valence-corrected chi connectivity index (χ4v) is 1.74. The van der Waals surface area contributed by atoms with E-state index in [1.807, 2.05) is 0 Å². The zero-order chi connectivity index (χ0) is 16.4. The SMILES string of the molecule is CCOC(=O)c1nc2cc([N+](=O)[O-])c([N+](=O)[O-])cc2[nH]c1=O. The zero-order valence-electron chi connectivity index (χ0n) is 11.1. The Morgan fingerprint density at radius 3 is 2.41 bits per heavy atom. The van der Waals surface area contributed by atoms with E-state index in [0.717, 1.165) is 12.1 Å². The first-order valence-electron chi connectivity index (χ1n) is 5.89. The summed E-state index contributed by atoms with van der Waals surface area (Å²) in [6.07, 6.45) is 0. The largest absolute Gasteiger partial charge is 0.461 e. The van der Waals surface area contributed by atoms with Crippen LogP contribution in [0.25, 0.3) is 11.0 Å². The van der Waals surface area contributed by atoms with E-state index in [9.17, 15) is 29.8 Å². The number of nitro benzene ring substituents is 2. The lowest BCUT2D eigenvalue weighted by Gasteiger charge is -2.03. The van der Waals surface area contributed by atoms with Crippen molar-refractivity contribution >= 4 is 28.4 Å². The number of esters is 1. The molecule has 0 saturated heterocycles. The Kier molecular flexibility index (Phi) is 3.79. The van der Waals surface area contributed by atoms with Crippen LogP contribution < -0.4 is 5.56 Å².